The zero-order chi connectivity index (χ0) is 13.8. The average molecular weight is 315 g/mol. The van der Waals surface area contributed by atoms with Crippen LogP contribution in [0.2, 0.25) is 15.1 Å². The third-order valence-corrected chi connectivity index (χ3v) is 4.21. The molecule has 0 heterocycles. The molecule has 0 aliphatic heterocycles. The fourth-order valence-electron chi connectivity index (χ4n) is 1.86. The van der Waals surface area contributed by atoms with Gasteiger partial charge in [0, 0.05) is 23.7 Å². The van der Waals surface area contributed by atoms with Crippen LogP contribution in [-0.2, 0) is 13.1 Å². The second-order valence-corrected chi connectivity index (χ2v) is 5.54. The van der Waals surface area contributed by atoms with E-state index in [0.29, 0.717) is 21.6 Å². The summed E-state index contributed by atoms with van der Waals surface area (Å²) in [6.45, 7) is 3.45. The van der Waals surface area contributed by atoms with E-state index in [1.807, 2.05) is 12.1 Å². The summed E-state index contributed by atoms with van der Waals surface area (Å²) in [5, 5.41) is 5.02. The number of hydrogen-bond donors (Lipinski definition) is 1. The highest BCUT2D eigenvalue weighted by molar-refractivity contribution is 6.44. The number of nitrogens with one attached hydrogen (secondary N) is 1. The topological polar surface area (TPSA) is 12.0 Å². The maximum atomic E-state index is 6.16. The third kappa shape index (κ3) is 3.64. The van der Waals surface area contributed by atoms with Gasteiger partial charge in [0.15, 0.2) is 0 Å². The Morgan fingerprint density at radius 2 is 1.58 bits per heavy atom. The Kier molecular flexibility index (Phi) is 5.12. The Morgan fingerprint density at radius 1 is 0.895 bits per heavy atom. The minimum Gasteiger partial charge on any atom is -0.308 e. The molecule has 1 N–H and O–H groups in total. The van der Waals surface area contributed by atoms with Gasteiger partial charge in [0.1, 0.15) is 0 Å². The molecule has 0 saturated carbocycles. The largest absolute Gasteiger partial charge is 0.308 e. The molecule has 2 aromatic rings. The molecule has 0 aliphatic carbocycles. The van der Waals surface area contributed by atoms with Gasteiger partial charge in [0.25, 0.3) is 0 Å². The molecule has 0 aliphatic rings. The van der Waals surface area contributed by atoms with E-state index in [1.165, 1.54) is 11.1 Å². The van der Waals surface area contributed by atoms with E-state index in [-0.39, 0.29) is 0 Å². The molecule has 0 unspecified atom stereocenters. The molecule has 4 heteroatoms. The number of benzene rings is 2. The summed E-state index contributed by atoms with van der Waals surface area (Å²) < 4.78 is 0. The van der Waals surface area contributed by atoms with Gasteiger partial charge < -0.3 is 5.32 Å². The first-order valence-electron chi connectivity index (χ1n) is 5.97. The molecule has 0 amide bonds. The minimum atomic E-state index is 0.520. The highest BCUT2D eigenvalue weighted by atomic mass is 35.5. The van der Waals surface area contributed by atoms with Crippen LogP contribution in [0.5, 0.6) is 0 Å². The minimum absolute atomic E-state index is 0.520. The first-order valence-corrected chi connectivity index (χ1v) is 7.10. The standard InChI is InChI=1S/C15H14Cl3N/c1-10-4-2-3-5-11(10)8-19-9-12-13(16)6-7-14(17)15(12)18/h2-7,19H,8-9H2,1H3. The van der Waals surface area contributed by atoms with Crippen molar-refractivity contribution >= 4 is 34.8 Å². The summed E-state index contributed by atoms with van der Waals surface area (Å²) in [5.74, 6) is 0. The molecular formula is C15H14Cl3N. The Bertz CT molecular complexity index is 582. The van der Waals surface area contributed by atoms with Crippen molar-refractivity contribution in [3.8, 4) is 0 Å². The first-order chi connectivity index (χ1) is 9.09. The number of rotatable bonds is 4. The van der Waals surface area contributed by atoms with Gasteiger partial charge in [-0.3, -0.25) is 0 Å². The van der Waals surface area contributed by atoms with Crippen LogP contribution in [0.1, 0.15) is 16.7 Å². The van der Waals surface area contributed by atoms with Gasteiger partial charge in [-0.15, -0.1) is 0 Å². The van der Waals surface area contributed by atoms with Crippen molar-refractivity contribution in [2.45, 2.75) is 20.0 Å². The fourth-order valence-corrected chi connectivity index (χ4v) is 2.54. The number of hydrogen-bond acceptors (Lipinski definition) is 1. The van der Waals surface area contributed by atoms with Crippen molar-refractivity contribution in [1.82, 2.24) is 5.32 Å². The molecule has 2 rings (SSSR count). The molecule has 0 atom stereocenters. The smallest absolute Gasteiger partial charge is 0.0652 e. The molecule has 2 aromatic carbocycles. The molecule has 0 saturated heterocycles. The summed E-state index contributed by atoms with van der Waals surface area (Å²) >= 11 is 18.3. The number of aryl methyl sites for hydroxylation is 1. The SMILES string of the molecule is Cc1ccccc1CNCc1c(Cl)ccc(Cl)c1Cl. The van der Waals surface area contributed by atoms with Crippen LogP contribution in [-0.4, -0.2) is 0 Å². The van der Waals surface area contributed by atoms with Crippen molar-refractivity contribution in [2.75, 3.05) is 0 Å². The molecule has 0 bridgehead atoms. The number of halogens is 3. The predicted molar refractivity (Wildman–Crippen MR) is 83.2 cm³/mol. The van der Waals surface area contributed by atoms with Crippen molar-refractivity contribution in [3.63, 3.8) is 0 Å². The van der Waals surface area contributed by atoms with Gasteiger partial charge in [-0.25, -0.2) is 0 Å². The van der Waals surface area contributed by atoms with Crippen molar-refractivity contribution in [2.24, 2.45) is 0 Å². The van der Waals surface area contributed by atoms with Gasteiger partial charge in [-0.2, -0.15) is 0 Å². The van der Waals surface area contributed by atoms with Crippen LogP contribution in [0, 0.1) is 6.92 Å². The van der Waals surface area contributed by atoms with Gasteiger partial charge in [-0.05, 0) is 30.2 Å². The Balaban J connectivity index is 2.04. The molecular weight excluding hydrogens is 301 g/mol. The molecule has 100 valence electrons. The quantitative estimate of drug-likeness (QED) is 0.760. The zero-order valence-corrected chi connectivity index (χ0v) is 12.8. The van der Waals surface area contributed by atoms with E-state index in [2.05, 4.69) is 24.4 Å². The van der Waals surface area contributed by atoms with Crippen LogP contribution in [0.25, 0.3) is 0 Å². The van der Waals surface area contributed by atoms with Gasteiger partial charge in [0.2, 0.25) is 0 Å². The molecule has 1 nitrogen and oxygen atoms in total. The van der Waals surface area contributed by atoms with Crippen molar-refractivity contribution in [3.05, 3.63) is 68.2 Å². The second-order valence-electron chi connectivity index (χ2n) is 4.35. The van der Waals surface area contributed by atoms with Crippen LogP contribution in [0.15, 0.2) is 36.4 Å². The lowest BCUT2D eigenvalue weighted by molar-refractivity contribution is 0.691. The van der Waals surface area contributed by atoms with Gasteiger partial charge in [0.05, 0.1) is 10.0 Å². The summed E-state index contributed by atoms with van der Waals surface area (Å²) in [7, 11) is 0. The summed E-state index contributed by atoms with van der Waals surface area (Å²) in [4.78, 5) is 0. The predicted octanol–water partition coefficient (Wildman–Crippen LogP) is 5.25. The highest BCUT2D eigenvalue weighted by Gasteiger charge is 2.09. The van der Waals surface area contributed by atoms with Crippen LogP contribution in [0.4, 0.5) is 0 Å². The van der Waals surface area contributed by atoms with E-state index in [9.17, 15) is 0 Å². The highest BCUT2D eigenvalue weighted by Crippen LogP contribution is 2.31. The van der Waals surface area contributed by atoms with Crippen molar-refractivity contribution < 1.29 is 0 Å². The van der Waals surface area contributed by atoms with E-state index < -0.39 is 0 Å². The van der Waals surface area contributed by atoms with Crippen molar-refractivity contribution in [1.29, 1.82) is 0 Å². The second kappa shape index (κ2) is 6.62. The monoisotopic (exact) mass is 313 g/mol. The van der Waals surface area contributed by atoms with Crippen LogP contribution >= 0.6 is 34.8 Å². The van der Waals surface area contributed by atoms with E-state index in [0.717, 1.165) is 12.1 Å². The molecule has 19 heavy (non-hydrogen) atoms. The third-order valence-electron chi connectivity index (χ3n) is 3.02. The normalized spacial score (nSPS) is 10.7. The lowest BCUT2D eigenvalue weighted by Gasteiger charge is -2.11. The van der Waals surface area contributed by atoms with E-state index in [4.69, 9.17) is 34.8 Å². The van der Waals surface area contributed by atoms with Gasteiger partial charge >= 0.3 is 0 Å². The Hall–Kier alpha value is -0.730. The lowest BCUT2D eigenvalue weighted by Crippen LogP contribution is -2.14. The van der Waals surface area contributed by atoms with Crippen LogP contribution in [0.3, 0.4) is 0 Å². The summed E-state index contributed by atoms with van der Waals surface area (Å²) in [6, 6.07) is 11.7. The van der Waals surface area contributed by atoms with E-state index >= 15 is 0 Å². The van der Waals surface area contributed by atoms with Gasteiger partial charge in [-0.1, -0.05) is 59.1 Å². The maximum absolute atomic E-state index is 6.16. The molecule has 0 radical (unpaired) electrons. The fraction of sp³-hybridized carbons (Fsp3) is 0.200. The zero-order valence-electron chi connectivity index (χ0n) is 10.5. The first kappa shape index (κ1) is 14.7. The molecule has 0 aromatic heterocycles. The Labute approximate surface area is 128 Å². The molecule has 0 spiro atoms. The lowest BCUT2D eigenvalue weighted by atomic mass is 10.1. The summed E-state index contributed by atoms with van der Waals surface area (Å²) in [5.41, 5.74) is 3.36. The molecule has 0 fully saturated rings. The average Bonchev–Trinajstić information content (AvgIpc) is 2.40. The maximum Gasteiger partial charge on any atom is 0.0652 e. The van der Waals surface area contributed by atoms with E-state index in [1.54, 1.807) is 12.1 Å². The van der Waals surface area contributed by atoms with Crippen LogP contribution < -0.4 is 5.32 Å². The Morgan fingerprint density at radius 3 is 2.32 bits per heavy atom. The summed E-state index contributed by atoms with van der Waals surface area (Å²) in [6.07, 6.45) is 0.